The van der Waals surface area contributed by atoms with Crippen LogP contribution < -0.4 is 5.32 Å². The Morgan fingerprint density at radius 3 is 2.36 bits per heavy atom. The average molecular weight is 357 g/mol. The molecular formula is C16H18F3N3O3. The summed E-state index contributed by atoms with van der Waals surface area (Å²) in [6.07, 6.45) is 1.16. The molecule has 9 heteroatoms. The molecule has 2 heterocycles. The number of piperazine rings is 1. The number of nitrogens with one attached hydrogen (secondary N) is 1. The van der Waals surface area contributed by atoms with Gasteiger partial charge in [-0.25, -0.2) is 18.0 Å². The van der Waals surface area contributed by atoms with Gasteiger partial charge in [-0.15, -0.1) is 0 Å². The third-order valence-corrected chi connectivity index (χ3v) is 4.36. The molecule has 1 N–H and O–H groups in total. The van der Waals surface area contributed by atoms with E-state index < -0.39 is 35.3 Å². The van der Waals surface area contributed by atoms with Gasteiger partial charge in [-0.3, -0.25) is 4.79 Å². The molecule has 0 saturated carbocycles. The zero-order chi connectivity index (χ0) is 18.0. The second-order valence-electron chi connectivity index (χ2n) is 5.97. The molecule has 2 fully saturated rings. The molecule has 25 heavy (non-hydrogen) atoms. The minimum atomic E-state index is -1.63. The van der Waals surface area contributed by atoms with E-state index >= 15 is 0 Å². The van der Waals surface area contributed by atoms with Crippen molar-refractivity contribution in [2.45, 2.75) is 18.9 Å². The van der Waals surface area contributed by atoms with E-state index in [2.05, 4.69) is 5.32 Å². The molecular weight excluding hydrogens is 339 g/mol. The zero-order valence-electron chi connectivity index (χ0n) is 13.4. The lowest BCUT2D eigenvalue weighted by Crippen LogP contribution is -2.53. The summed E-state index contributed by atoms with van der Waals surface area (Å²) in [6.45, 7) is 1.78. The number of carbonyl (C=O) groups is 2. The van der Waals surface area contributed by atoms with Crippen LogP contribution >= 0.6 is 0 Å². The summed E-state index contributed by atoms with van der Waals surface area (Å²) in [5.74, 6) is -4.48. The first-order chi connectivity index (χ1) is 12.0. The van der Waals surface area contributed by atoms with Gasteiger partial charge in [-0.2, -0.15) is 0 Å². The summed E-state index contributed by atoms with van der Waals surface area (Å²) < 4.78 is 45.1. The first-order valence-corrected chi connectivity index (χ1v) is 8.07. The minimum absolute atomic E-state index is 0.0794. The van der Waals surface area contributed by atoms with Gasteiger partial charge in [0.2, 0.25) is 0 Å². The SMILES string of the molecule is O=C(Nc1ccc(F)c(F)c1F)N1CCN(C(=O)C2CCCO2)CC1. The molecule has 0 bridgehead atoms. The standard InChI is InChI=1S/C16H18F3N3O3/c17-10-3-4-11(14(19)13(10)18)20-16(24)22-7-5-21(6-8-22)15(23)12-2-1-9-25-12/h3-4,12H,1-2,5-9H2,(H,20,24). The van der Waals surface area contributed by atoms with E-state index in [9.17, 15) is 22.8 Å². The van der Waals surface area contributed by atoms with Crippen LogP contribution in [0.4, 0.5) is 23.7 Å². The third-order valence-electron chi connectivity index (χ3n) is 4.36. The second kappa shape index (κ2) is 7.30. The molecule has 0 aromatic heterocycles. The first kappa shape index (κ1) is 17.5. The van der Waals surface area contributed by atoms with Crippen molar-refractivity contribution in [2.24, 2.45) is 0 Å². The maximum atomic E-state index is 13.6. The molecule has 6 nitrogen and oxygen atoms in total. The number of ether oxygens (including phenoxy) is 1. The summed E-state index contributed by atoms with van der Waals surface area (Å²) in [7, 11) is 0. The summed E-state index contributed by atoms with van der Waals surface area (Å²) in [6, 6.07) is 1.07. The highest BCUT2D eigenvalue weighted by Crippen LogP contribution is 2.20. The van der Waals surface area contributed by atoms with Crippen LogP contribution in [0.5, 0.6) is 0 Å². The average Bonchev–Trinajstić information content (AvgIpc) is 3.16. The van der Waals surface area contributed by atoms with Gasteiger partial charge in [-0.05, 0) is 25.0 Å². The highest BCUT2D eigenvalue weighted by molar-refractivity contribution is 5.89. The number of urea groups is 1. The van der Waals surface area contributed by atoms with Crippen LogP contribution in [0.1, 0.15) is 12.8 Å². The van der Waals surface area contributed by atoms with Crippen molar-refractivity contribution in [3.8, 4) is 0 Å². The molecule has 0 spiro atoms. The molecule has 136 valence electrons. The summed E-state index contributed by atoms with van der Waals surface area (Å²) in [5, 5.41) is 2.22. The number of benzene rings is 1. The molecule has 2 saturated heterocycles. The number of nitrogens with zero attached hydrogens (tertiary/aromatic N) is 2. The molecule has 0 radical (unpaired) electrons. The Bertz CT molecular complexity index is 672. The van der Waals surface area contributed by atoms with Gasteiger partial charge < -0.3 is 19.9 Å². The largest absolute Gasteiger partial charge is 0.368 e. The lowest BCUT2D eigenvalue weighted by atomic mass is 10.2. The maximum Gasteiger partial charge on any atom is 0.322 e. The van der Waals surface area contributed by atoms with E-state index in [1.165, 1.54) is 4.90 Å². The van der Waals surface area contributed by atoms with Crippen molar-refractivity contribution in [3.05, 3.63) is 29.6 Å². The number of anilines is 1. The lowest BCUT2D eigenvalue weighted by molar-refractivity contribution is -0.142. The van der Waals surface area contributed by atoms with E-state index in [-0.39, 0.29) is 19.0 Å². The third kappa shape index (κ3) is 3.71. The monoisotopic (exact) mass is 357 g/mol. The van der Waals surface area contributed by atoms with Gasteiger partial charge in [-0.1, -0.05) is 0 Å². The van der Waals surface area contributed by atoms with E-state index in [1.54, 1.807) is 4.90 Å². The highest BCUT2D eigenvalue weighted by Gasteiger charge is 2.31. The number of hydrogen-bond donors (Lipinski definition) is 1. The van der Waals surface area contributed by atoms with Crippen molar-refractivity contribution in [1.82, 2.24) is 9.80 Å². The van der Waals surface area contributed by atoms with E-state index in [0.717, 1.165) is 18.6 Å². The van der Waals surface area contributed by atoms with Gasteiger partial charge in [0, 0.05) is 32.8 Å². The van der Waals surface area contributed by atoms with Gasteiger partial charge in [0.25, 0.3) is 5.91 Å². The second-order valence-corrected chi connectivity index (χ2v) is 5.97. The lowest BCUT2D eigenvalue weighted by Gasteiger charge is -2.35. The Balaban J connectivity index is 1.55. The van der Waals surface area contributed by atoms with Crippen LogP contribution in [0, 0.1) is 17.5 Å². The zero-order valence-corrected chi connectivity index (χ0v) is 13.4. The highest BCUT2D eigenvalue weighted by atomic mass is 19.2. The molecule has 2 aliphatic rings. The predicted molar refractivity (Wildman–Crippen MR) is 82.5 cm³/mol. The van der Waals surface area contributed by atoms with Crippen LogP contribution in [-0.4, -0.2) is 60.6 Å². The molecule has 1 atom stereocenters. The quantitative estimate of drug-likeness (QED) is 0.823. The number of amides is 3. The van der Waals surface area contributed by atoms with Crippen molar-refractivity contribution in [2.75, 3.05) is 38.1 Å². The van der Waals surface area contributed by atoms with Crippen molar-refractivity contribution < 1.29 is 27.5 Å². The van der Waals surface area contributed by atoms with Gasteiger partial charge in [0.1, 0.15) is 6.10 Å². The minimum Gasteiger partial charge on any atom is -0.368 e. The molecule has 2 aliphatic heterocycles. The van der Waals surface area contributed by atoms with Gasteiger partial charge in [0.15, 0.2) is 17.5 Å². The van der Waals surface area contributed by atoms with Crippen molar-refractivity contribution in [1.29, 1.82) is 0 Å². The van der Waals surface area contributed by atoms with Crippen molar-refractivity contribution in [3.63, 3.8) is 0 Å². The molecule has 1 aromatic rings. The Kier molecular flexibility index (Phi) is 5.12. The fraction of sp³-hybridized carbons (Fsp3) is 0.500. The van der Waals surface area contributed by atoms with Crippen LogP contribution in [0.15, 0.2) is 12.1 Å². The summed E-state index contributed by atoms with van der Waals surface area (Å²) in [4.78, 5) is 27.4. The summed E-state index contributed by atoms with van der Waals surface area (Å²) in [5.41, 5.74) is -0.429. The van der Waals surface area contributed by atoms with E-state index in [1.807, 2.05) is 0 Å². The Labute approximate surface area is 142 Å². The molecule has 3 rings (SSSR count). The number of carbonyl (C=O) groups excluding carboxylic acids is 2. The Morgan fingerprint density at radius 1 is 1.04 bits per heavy atom. The fourth-order valence-electron chi connectivity index (χ4n) is 2.92. The van der Waals surface area contributed by atoms with Crippen LogP contribution in [0.3, 0.4) is 0 Å². The van der Waals surface area contributed by atoms with E-state index in [4.69, 9.17) is 4.74 Å². The van der Waals surface area contributed by atoms with E-state index in [0.29, 0.717) is 26.1 Å². The predicted octanol–water partition coefficient (Wildman–Crippen LogP) is 1.96. The van der Waals surface area contributed by atoms with Crippen LogP contribution in [-0.2, 0) is 9.53 Å². The number of hydrogen-bond acceptors (Lipinski definition) is 3. The van der Waals surface area contributed by atoms with Gasteiger partial charge in [0.05, 0.1) is 5.69 Å². The molecule has 1 unspecified atom stereocenters. The topological polar surface area (TPSA) is 61.9 Å². The molecule has 3 amide bonds. The smallest absolute Gasteiger partial charge is 0.322 e. The van der Waals surface area contributed by atoms with Crippen LogP contribution in [0.25, 0.3) is 0 Å². The number of halogens is 3. The van der Waals surface area contributed by atoms with Crippen LogP contribution in [0.2, 0.25) is 0 Å². The molecule has 1 aromatic carbocycles. The molecule has 0 aliphatic carbocycles. The first-order valence-electron chi connectivity index (χ1n) is 8.07. The Hall–Kier alpha value is -2.29. The number of rotatable bonds is 2. The normalized spacial score (nSPS) is 20.7. The Morgan fingerprint density at radius 2 is 1.72 bits per heavy atom. The fourth-order valence-corrected chi connectivity index (χ4v) is 2.92. The summed E-state index contributed by atoms with van der Waals surface area (Å²) >= 11 is 0. The van der Waals surface area contributed by atoms with Crippen molar-refractivity contribution >= 4 is 17.6 Å². The van der Waals surface area contributed by atoms with Gasteiger partial charge >= 0.3 is 6.03 Å². The maximum absolute atomic E-state index is 13.6.